The van der Waals surface area contributed by atoms with Gasteiger partial charge in [-0.2, -0.15) is 0 Å². The minimum atomic E-state index is -0.00168. The Morgan fingerprint density at radius 1 is 1.30 bits per heavy atom. The van der Waals surface area contributed by atoms with Gasteiger partial charge in [-0.25, -0.2) is 9.97 Å². The zero-order chi connectivity index (χ0) is 13.8. The molecule has 2 aromatic rings. The van der Waals surface area contributed by atoms with Crippen molar-refractivity contribution in [2.75, 3.05) is 5.32 Å². The molecule has 0 atom stereocenters. The van der Waals surface area contributed by atoms with Crippen LogP contribution in [0, 0.1) is 0 Å². The van der Waals surface area contributed by atoms with Gasteiger partial charge in [-0.3, -0.25) is 4.79 Å². The van der Waals surface area contributed by atoms with Crippen LogP contribution in [0.3, 0.4) is 0 Å². The minimum Gasteiger partial charge on any atom is -0.379 e. The van der Waals surface area contributed by atoms with Gasteiger partial charge in [0.2, 0.25) is 0 Å². The van der Waals surface area contributed by atoms with E-state index >= 15 is 0 Å². The Kier molecular flexibility index (Phi) is 3.58. The number of hydrogen-bond donors (Lipinski definition) is 2. The van der Waals surface area contributed by atoms with Crippen molar-refractivity contribution in [2.24, 2.45) is 0 Å². The van der Waals surface area contributed by atoms with Crippen molar-refractivity contribution >= 4 is 11.6 Å². The maximum absolute atomic E-state index is 12.0. The number of amides is 1. The molecular formula is C15H16N4O. The third kappa shape index (κ3) is 3.32. The molecule has 0 unspecified atom stereocenters. The number of aromatic nitrogens is 2. The Morgan fingerprint density at radius 2 is 2.20 bits per heavy atom. The first kappa shape index (κ1) is 12.6. The summed E-state index contributed by atoms with van der Waals surface area (Å²) in [6.07, 6.45) is 5.43. The molecule has 1 aliphatic rings. The van der Waals surface area contributed by atoms with E-state index in [9.17, 15) is 4.79 Å². The van der Waals surface area contributed by atoms with Gasteiger partial charge in [-0.1, -0.05) is 6.07 Å². The van der Waals surface area contributed by atoms with Crippen LogP contribution in [-0.4, -0.2) is 21.9 Å². The van der Waals surface area contributed by atoms with Crippen molar-refractivity contribution < 1.29 is 4.79 Å². The summed E-state index contributed by atoms with van der Waals surface area (Å²) in [7, 11) is 0. The highest BCUT2D eigenvalue weighted by Gasteiger charge is 2.23. The van der Waals surface area contributed by atoms with E-state index in [1.165, 1.54) is 6.33 Å². The fourth-order valence-corrected chi connectivity index (χ4v) is 1.88. The van der Waals surface area contributed by atoms with E-state index in [-0.39, 0.29) is 5.91 Å². The van der Waals surface area contributed by atoms with Crippen LogP contribution in [0.25, 0.3) is 0 Å². The van der Waals surface area contributed by atoms with Crippen LogP contribution >= 0.6 is 0 Å². The minimum absolute atomic E-state index is 0.00168. The third-order valence-corrected chi connectivity index (χ3v) is 3.15. The van der Waals surface area contributed by atoms with E-state index in [1.807, 2.05) is 30.3 Å². The quantitative estimate of drug-likeness (QED) is 0.870. The molecular weight excluding hydrogens is 252 g/mol. The first-order valence-electron chi connectivity index (χ1n) is 6.71. The van der Waals surface area contributed by atoms with Gasteiger partial charge in [0.15, 0.2) is 0 Å². The van der Waals surface area contributed by atoms with Gasteiger partial charge in [0.1, 0.15) is 6.33 Å². The number of rotatable bonds is 5. The Balaban J connectivity index is 1.63. The molecule has 1 aromatic heterocycles. The van der Waals surface area contributed by atoms with Crippen LogP contribution in [-0.2, 0) is 6.54 Å². The van der Waals surface area contributed by atoms with E-state index < -0.39 is 0 Å². The Labute approximate surface area is 117 Å². The van der Waals surface area contributed by atoms with E-state index in [0.29, 0.717) is 18.2 Å². The van der Waals surface area contributed by atoms with Crippen molar-refractivity contribution in [2.45, 2.75) is 25.4 Å². The van der Waals surface area contributed by atoms with E-state index in [2.05, 4.69) is 20.6 Å². The number of carbonyl (C=O) groups excluding carboxylic acids is 1. The number of anilines is 1. The van der Waals surface area contributed by atoms with Crippen LogP contribution in [0.1, 0.15) is 28.9 Å². The lowest BCUT2D eigenvalue weighted by atomic mass is 10.2. The number of carbonyl (C=O) groups is 1. The van der Waals surface area contributed by atoms with E-state index in [0.717, 1.165) is 24.2 Å². The number of benzene rings is 1. The molecule has 0 bridgehead atoms. The first-order chi connectivity index (χ1) is 9.81. The highest BCUT2D eigenvalue weighted by molar-refractivity contribution is 5.95. The molecule has 1 saturated carbocycles. The predicted molar refractivity (Wildman–Crippen MR) is 76.3 cm³/mol. The normalized spacial score (nSPS) is 13.8. The number of nitrogens with one attached hydrogen (secondary N) is 2. The molecule has 0 saturated heterocycles. The van der Waals surface area contributed by atoms with Crippen LogP contribution in [0.2, 0.25) is 0 Å². The summed E-state index contributed by atoms with van der Waals surface area (Å²) in [6.45, 7) is 0.607. The summed E-state index contributed by atoms with van der Waals surface area (Å²) in [4.78, 5) is 20.0. The molecule has 102 valence electrons. The third-order valence-electron chi connectivity index (χ3n) is 3.15. The second-order valence-electron chi connectivity index (χ2n) is 4.88. The second-order valence-corrected chi connectivity index (χ2v) is 4.88. The topological polar surface area (TPSA) is 66.9 Å². The molecule has 1 amide bonds. The Hall–Kier alpha value is -2.43. The lowest BCUT2D eigenvalue weighted by molar-refractivity contribution is 0.0951. The van der Waals surface area contributed by atoms with Crippen LogP contribution < -0.4 is 10.6 Å². The van der Waals surface area contributed by atoms with Crippen molar-refractivity contribution in [1.82, 2.24) is 15.3 Å². The highest BCUT2D eigenvalue weighted by atomic mass is 16.1. The van der Waals surface area contributed by atoms with Crippen LogP contribution in [0.4, 0.5) is 5.69 Å². The zero-order valence-electron chi connectivity index (χ0n) is 11.0. The smallest absolute Gasteiger partial charge is 0.251 e. The van der Waals surface area contributed by atoms with Crippen LogP contribution in [0.15, 0.2) is 42.9 Å². The predicted octanol–water partition coefficient (Wildman–Crippen LogP) is 1.98. The SMILES string of the molecule is O=C(NC1CC1)c1cccc(NCc2ccncn2)c1. The Morgan fingerprint density at radius 3 is 2.95 bits per heavy atom. The second kappa shape index (κ2) is 5.69. The molecule has 1 fully saturated rings. The standard InChI is InChI=1S/C15H16N4O/c20-15(19-12-4-5-12)11-2-1-3-13(8-11)17-9-14-6-7-16-10-18-14/h1-3,6-8,10,12,17H,4-5,9H2,(H,19,20). The molecule has 20 heavy (non-hydrogen) atoms. The summed E-state index contributed by atoms with van der Waals surface area (Å²) in [5, 5.41) is 6.24. The monoisotopic (exact) mass is 268 g/mol. The van der Waals surface area contributed by atoms with Crippen molar-refractivity contribution in [3.63, 3.8) is 0 Å². The maximum atomic E-state index is 12.0. The molecule has 0 aliphatic heterocycles. The summed E-state index contributed by atoms with van der Waals surface area (Å²) >= 11 is 0. The van der Waals surface area contributed by atoms with Gasteiger partial charge >= 0.3 is 0 Å². The lowest BCUT2D eigenvalue weighted by Gasteiger charge is -2.08. The van der Waals surface area contributed by atoms with Crippen molar-refractivity contribution in [3.8, 4) is 0 Å². The summed E-state index contributed by atoms with van der Waals surface area (Å²) in [6, 6.07) is 9.74. The molecule has 2 N–H and O–H groups in total. The average Bonchev–Trinajstić information content (AvgIpc) is 3.30. The maximum Gasteiger partial charge on any atom is 0.251 e. The summed E-state index contributed by atoms with van der Waals surface area (Å²) < 4.78 is 0. The highest BCUT2D eigenvalue weighted by Crippen LogP contribution is 2.20. The largest absolute Gasteiger partial charge is 0.379 e. The molecule has 1 heterocycles. The zero-order valence-corrected chi connectivity index (χ0v) is 11.0. The first-order valence-corrected chi connectivity index (χ1v) is 6.71. The number of hydrogen-bond acceptors (Lipinski definition) is 4. The average molecular weight is 268 g/mol. The molecule has 0 radical (unpaired) electrons. The van der Waals surface area contributed by atoms with E-state index in [1.54, 1.807) is 6.20 Å². The molecule has 1 aliphatic carbocycles. The molecule has 1 aromatic carbocycles. The lowest BCUT2D eigenvalue weighted by Crippen LogP contribution is -2.25. The fraction of sp³-hybridized carbons (Fsp3) is 0.267. The van der Waals surface area contributed by atoms with Gasteiger partial charge in [0.25, 0.3) is 5.91 Å². The van der Waals surface area contributed by atoms with Gasteiger partial charge in [-0.05, 0) is 37.1 Å². The Bertz CT molecular complexity index is 596. The van der Waals surface area contributed by atoms with Gasteiger partial charge in [0, 0.05) is 23.5 Å². The fourth-order valence-electron chi connectivity index (χ4n) is 1.88. The summed E-state index contributed by atoms with van der Waals surface area (Å²) in [5.41, 5.74) is 2.50. The van der Waals surface area contributed by atoms with Gasteiger partial charge < -0.3 is 10.6 Å². The molecule has 3 rings (SSSR count). The van der Waals surface area contributed by atoms with Gasteiger partial charge in [0.05, 0.1) is 12.2 Å². The summed E-state index contributed by atoms with van der Waals surface area (Å²) in [5.74, 6) is -0.00168. The molecule has 5 heteroatoms. The number of nitrogens with zero attached hydrogens (tertiary/aromatic N) is 2. The van der Waals surface area contributed by atoms with Crippen molar-refractivity contribution in [3.05, 3.63) is 54.1 Å². The molecule has 0 spiro atoms. The van der Waals surface area contributed by atoms with E-state index in [4.69, 9.17) is 0 Å². The van der Waals surface area contributed by atoms with Gasteiger partial charge in [-0.15, -0.1) is 0 Å². The van der Waals surface area contributed by atoms with Crippen molar-refractivity contribution in [1.29, 1.82) is 0 Å². The molecule has 5 nitrogen and oxygen atoms in total. The van der Waals surface area contributed by atoms with Crippen LogP contribution in [0.5, 0.6) is 0 Å².